The Kier molecular flexibility index (Phi) is 5.56. The summed E-state index contributed by atoms with van der Waals surface area (Å²) in [4.78, 5) is 60.1. The Bertz CT molecular complexity index is 1290. The number of carbonyl (C=O) groups excluding carboxylic acids is 4. The third-order valence-corrected chi connectivity index (χ3v) is 8.88. The molecule has 1 aliphatic carbocycles. The fraction of sp³-hybridized carbons (Fsp3) is 0.429. The highest BCUT2D eigenvalue weighted by atomic mass is 35.5. The first-order valence-corrected chi connectivity index (χ1v) is 13.1. The van der Waals surface area contributed by atoms with Gasteiger partial charge < -0.3 is 9.64 Å². The van der Waals surface area contributed by atoms with Crippen LogP contribution in [0.25, 0.3) is 0 Å². The maximum atomic E-state index is 14.1. The van der Waals surface area contributed by atoms with Crippen LogP contribution in [0.3, 0.4) is 0 Å². The van der Waals surface area contributed by atoms with Crippen molar-refractivity contribution in [2.24, 2.45) is 11.8 Å². The van der Waals surface area contributed by atoms with Crippen LogP contribution in [0.4, 0.5) is 10.5 Å². The van der Waals surface area contributed by atoms with E-state index < -0.39 is 35.4 Å². The summed E-state index contributed by atoms with van der Waals surface area (Å²) in [6.45, 7) is 1.64. The smallest absolute Gasteiger partial charge is 0.332 e. The van der Waals surface area contributed by atoms with Gasteiger partial charge in [-0.3, -0.25) is 19.3 Å². The maximum absolute atomic E-state index is 14.1. The van der Waals surface area contributed by atoms with Gasteiger partial charge in [-0.05, 0) is 61.7 Å². The number of hydrogen-bond donors (Lipinski definition) is 0. The lowest BCUT2D eigenvalue weighted by molar-refractivity contribution is -0.147. The molecule has 6 rings (SSSR count). The Balaban J connectivity index is 1.48. The van der Waals surface area contributed by atoms with Crippen LogP contribution < -0.4 is 9.64 Å². The molecule has 8 nitrogen and oxygen atoms in total. The molecule has 0 spiro atoms. The van der Waals surface area contributed by atoms with E-state index >= 15 is 0 Å². The zero-order chi connectivity index (χ0) is 26.1. The number of methoxy groups -OCH3 is 1. The van der Waals surface area contributed by atoms with Crippen LogP contribution >= 0.6 is 11.6 Å². The van der Waals surface area contributed by atoms with Gasteiger partial charge in [-0.15, -0.1) is 0 Å². The fourth-order valence-electron chi connectivity index (χ4n) is 6.87. The number of imide groups is 2. The highest BCUT2D eigenvalue weighted by Crippen LogP contribution is 2.59. The number of rotatable bonds is 4. The number of amides is 5. The number of likely N-dealkylation sites (tertiary alicyclic amines) is 1. The molecule has 3 unspecified atom stereocenters. The molecule has 4 fully saturated rings. The van der Waals surface area contributed by atoms with Crippen molar-refractivity contribution in [2.45, 2.75) is 56.7 Å². The second kappa shape index (κ2) is 8.58. The average Bonchev–Trinajstić information content (AvgIpc) is 3.42. The molecule has 0 radical (unpaired) electrons. The van der Waals surface area contributed by atoms with Crippen LogP contribution in [0, 0.1) is 11.8 Å². The molecular formula is C28H28ClN3O5. The van der Waals surface area contributed by atoms with Gasteiger partial charge in [0.2, 0.25) is 11.8 Å². The normalized spacial score (nSPS) is 29.8. The molecular weight excluding hydrogens is 494 g/mol. The Morgan fingerprint density at radius 2 is 1.54 bits per heavy atom. The Hall–Kier alpha value is -3.39. The predicted octanol–water partition coefficient (Wildman–Crippen LogP) is 4.56. The lowest BCUT2D eigenvalue weighted by atomic mass is 9.80. The Morgan fingerprint density at radius 1 is 0.892 bits per heavy atom. The van der Waals surface area contributed by atoms with Crippen molar-refractivity contribution < 1.29 is 23.9 Å². The van der Waals surface area contributed by atoms with E-state index in [1.807, 2.05) is 0 Å². The van der Waals surface area contributed by atoms with Crippen LogP contribution in [-0.2, 0) is 14.4 Å². The summed E-state index contributed by atoms with van der Waals surface area (Å²) < 4.78 is 5.22. The summed E-state index contributed by atoms with van der Waals surface area (Å²) in [6, 6.07) is 12.1. The number of halogens is 1. The van der Waals surface area contributed by atoms with E-state index in [4.69, 9.17) is 16.3 Å². The van der Waals surface area contributed by atoms with Gasteiger partial charge in [-0.1, -0.05) is 43.0 Å². The zero-order valence-corrected chi connectivity index (χ0v) is 21.5. The summed E-state index contributed by atoms with van der Waals surface area (Å²) in [5.41, 5.74) is -0.437. The first-order valence-electron chi connectivity index (χ1n) is 12.7. The Morgan fingerprint density at radius 3 is 2.16 bits per heavy atom. The van der Waals surface area contributed by atoms with E-state index in [9.17, 15) is 19.2 Å². The van der Waals surface area contributed by atoms with Gasteiger partial charge in [-0.25, -0.2) is 9.69 Å². The second-order valence-corrected chi connectivity index (χ2v) is 10.9. The van der Waals surface area contributed by atoms with Crippen molar-refractivity contribution in [1.82, 2.24) is 9.80 Å². The minimum Gasteiger partial charge on any atom is -0.497 e. The van der Waals surface area contributed by atoms with Crippen LogP contribution in [0.1, 0.15) is 50.6 Å². The number of nitrogens with zero attached hydrogens (tertiary/aromatic N) is 3. The number of benzene rings is 2. The average molecular weight is 522 g/mol. The van der Waals surface area contributed by atoms with Crippen LogP contribution in [-0.4, -0.2) is 52.2 Å². The number of ether oxygens (including phenoxy) is 1. The molecule has 2 aromatic rings. The number of carbonyl (C=O) groups is 4. The van der Waals surface area contributed by atoms with E-state index in [0.29, 0.717) is 22.0 Å². The maximum Gasteiger partial charge on any atom is 0.332 e. The van der Waals surface area contributed by atoms with E-state index in [2.05, 4.69) is 0 Å². The molecule has 192 valence electrons. The molecule has 4 aliphatic rings. The molecule has 2 aromatic carbocycles. The van der Waals surface area contributed by atoms with Crippen molar-refractivity contribution in [3.05, 3.63) is 59.1 Å². The highest BCUT2D eigenvalue weighted by molar-refractivity contribution is 6.30. The van der Waals surface area contributed by atoms with Gasteiger partial charge in [0.25, 0.3) is 5.91 Å². The first-order chi connectivity index (χ1) is 17.8. The standard InChI is InChI=1S/C28H28ClN3O5/c1-28-22-21(24(33)30(25(22)34)18-6-4-3-5-7-18)23(16-8-10-17(29)11-9-16)32(28)27(36)31(26(28)35)19-12-14-20(37-2)15-13-19/h8-15,18,21-23H,3-7H2,1-2H3/t21?,22?,23?,28-/m1/s1. The molecule has 3 heterocycles. The summed E-state index contributed by atoms with van der Waals surface area (Å²) in [6.07, 6.45) is 4.55. The van der Waals surface area contributed by atoms with Gasteiger partial charge >= 0.3 is 6.03 Å². The topological polar surface area (TPSA) is 87.2 Å². The van der Waals surface area contributed by atoms with Crippen LogP contribution in [0.15, 0.2) is 48.5 Å². The van der Waals surface area contributed by atoms with Crippen molar-refractivity contribution >= 4 is 41.0 Å². The lowest BCUT2D eigenvalue weighted by Crippen LogP contribution is -2.52. The van der Waals surface area contributed by atoms with Crippen molar-refractivity contribution in [3.63, 3.8) is 0 Å². The van der Waals surface area contributed by atoms with E-state index in [0.717, 1.165) is 37.0 Å². The van der Waals surface area contributed by atoms with Gasteiger partial charge in [0, 0.05) is 11.1 Å². The number of fused-ring (bicyclic) bond motifs is 3. The molecule has 37 heavy (non-hydrogen) atoms. The van der Waals surface area contributed by atoms with Crippen molar-refractivity contribution in [3.8, 4) is 5.75 Å². The largest absolute Gasteiger partial charge is 0.497 e. The van der Waals surface area contributed by atoms with Crippen LogP contribution in [0.2, 0.25) is 5.02 Å². The van der Waals surface area contributed by atoms with Crippen molar-refractivity contribution in [1.29, 1.82) is 0 Å². The molecule has 4 atom stereocenters. The minimum atomic E-state index is -1.50. The quantitative estimate of drug-likeness (QED) is 0.434. The third-order valence-electron chi connectivity index (χ3n) is 8.62. The summed E-state index contributed by atoms with van der Waals surface area (Å²) in [5, 5.41) is 0.516. The molecule has 0 aromatic heterocycles. The van der Waals surface area contributed by atoms with Gasteiger partial charge in [-0.2, -0.15) is 0 Å². The molecule has 1 saturated carbocycles. The zero-order valence-electron chi connectivity index (χ0n) is 20.7. The predicted molar refractivity (Wildman–Crippen MR) is 136 cm³/mol. The molecule has 5 amide bonds. The molecule has 0 N–H and O–H groups in total. The third kappa shape index (κ3) is 3.27. The highest BCUT2D eigenvalue weighted by Gasteiger charge is 2.76. The summed E-state index contributed by atoms with van der Waals surface area (Å²) >= 11 is 6.14. The van der Waals surface area contributed by atoms with Crippen LogP contribution in [0.5, 0.6) is 5.75 Å². The fourth-order valence-corrected chi connectivity index (χ4v) is 7.00. The number of hydrogen-bond acceptors (Lipinski definition) is 5. The first kappa shape index (κ1) is 24.0. The summed E-state index contributed by atoms with van der Waals surface area (Å²) in [5.74, 6) is -2.32. The number of urea groups is 1. The second-order valence-electron chi connectivity index (χ2n) is 10.5. The monoisotopic (exact) mass is 521 g/mol. The minimum absolute atomic E-state index is 0.160. The van der Waals surface area contributed by atoms with Gasteiger partial charge in [0.1, 0.15) is 11.3 Å². The SMILES string of the molecule is COc1ccc(N2C(=O)N3C(c4ccc(Cl)cc4)C4C(=O)N(C5CCCCC5)C(=O)C4[C@]3(C)C2=O)cc1. The Labute approximate surface area is 220 Å². The molecule has 3 aliphatic heterocycles. The molecule has 0 bridgehead atoms. The molecule has 3 saturated heterocycles. The van der Waals surface area contributed by atoms with E-state index in [-0.39, 0.29) is 17.9 Å². The van der Waals surface area contributed by atoms with Gasteiger partial charge in [0.05, 0.1) is 30.7 Å². The summed E-state index contributed by atoms with van der Waals surface area (Å²) in [7, 11) is 1.54. The lowest BCUT2D eigenvalue weighted by Gasteiger charge is -2.35. The van der Waals surface area contributed by atoms with E-state index in [1.165, 1.54) is 16.9 Å². The van der Waals surface area contributed by atoms with Crippen molar-refractivity contribution in [2.75, 3.05) is 12.0 Å². The molecule has 9 heteroatoms. The number of anilines is 1. The van der Waals surface area contributed by atoms with Gasteiger partial charge in [0.15, 0.2) is 0 Å². The van der Waals surface area contributed by atoms with E-state index in [1.54, 1.807) is 55.5 Å².